The minimum Gasteiger partial charge on any atom is -0.472 e. The maximum absolute atomic E-state index is 5.56. The standard InChI is InChI=1S/C11H13N3OS/c1-2-12-11-13-6-5-10(14-11)15-8-9-4-3-7-16-9/h3-7H,2,8H2,1H3,(H,12,13,14). The van der Waals surface area contributed by atoms with E-state index in [1.165, 1.54) is 4.88 Å². The van der Waals surface area contributed by atoms with Gasteiger partial charge < -0.3 is 10.1 Å². The van der Waals surface area contributed by atoms with E-state index in [-0.39, 0.29) is 0 Å². The third-order valence-corrected chi connectivity index (χ3v) is 2.76. The Morgan fingerprint density at radius 2 is 2.38 bits per heavy atom. The molecule has 0 saturated carbocycles. The van der Waals surface area contributed by atoms with E-state index in [1.54, 1.807) is 23.6 Å². The number of nitrogens with one attached hydrogen (secondary N) is 1. The Bertz CT molecular complexity index is 431. The minimum atomic E-state index is 0.556. The minimum absolute atomic E-state index is 0.556. The summed E-state index contributed by atoms with van der Waals surface area (Å²) in [5.41, 5.74) is 0. The van der Waals surface area contributed by atoms with Gasteiger partial charge in [0.2, 0.25) is 11.8 Å². The number of hydrogen-bond acceptors (Lipinski definition) is 5. The van der Waals surface area contributed by atoms with Gasteiger partial charge in [0.1, 0.15) is 6.61 Å². The highest BCUT2D eigenvalue weighted by Crippen LogP contribution is 2.13. The lowest BCUT2D eigenvalue weighted by atomic mass is 10.5. The maximum atomic E-state index is 5.56. The number of rotatable bonds is 5. The van der Waals surface area contributed by atoms with Crippen molar-refractivity contribution in [3.05, 3.63) is 34.7 Å². The molecule has 84 valence electrons. The SMILES string of the molecule is CCNc1nccc(OCc2cccs2)n1. The van der Waals surface area contributed by atoms with Crippen LogP contribution in [-0.4, -0.2) is 16.5 Å². The molecule has 4 nitrogen and oxygen atoms in total. The second-order valence-electron chi connectivity index (χ2n) is 3.12. The summed E-state index contributed by atoms with van der Waals surface area (Å²) >= 11 is 1.67. The normalized spacial score (nSPS) is 10.1. The number of ether oxygens (including phenoxy) is 1. The van der Waals surface area contributed by atoms with Crippen LogP contribution in [-0.2, 0) is 6.61 Å². The Labute approximate surface area is 98.3 Å². The van der Waals surface area contributed by atoms with Crippen molar-refractivity contribution in [1.29, 1.82) is 0 Å². The highest BCUT2D eigenvalue weighted by atomic mass is 32.1. The van der Waals surface area contributed by atoms with Gasteiger partial charge in [-0.2, -0.15) is 4.98 Å². The molecule has 2 heterocycles. The molecule has 2 aromatic rings. The molecule has 0 amide bonds. The highest BCUT2D eigenvalue weighted by Gasteiger charge is 2.00. The van der Waals surface area contributed by atoms with E-state index in [2.05, 4.69) is 15.3 Å². The molecule has 1 N–H and O–H groups in total. The fourth-order valence-electron chi connectivity index (χ4n) is 1.21. The summed E-state index contributed by atoms with van der Waals surface area (Å²) in [4.78, 5) is 9.48. The van der Waals surface area contributed by atoms with Gasteiger partial charge in [-0.25, -0.2) is 4.98 Å². The Morgan fingerprint density at radius 3 is 3.12 bits per heavy atom. The fourth-order valence-corrected chi connectivity index (χ4v) is 1.82. The first-order valence-electron chi connectivity index (χ1n) is 5.10. The molecule has 0 fully saturated rings. The first-order valence-corrected chi connectivity index (χ1v) is 5.98. The van der Waals surface area contributed by atoms with Gasteiger partial charge in [-0.1, -0.05) is 6.07 Å². The lowest BCUT2D eigenvalue weighted by Gasteiger charge is -2.05. The van der Waals surface area contributed by atoms with Crippen LogP contribution in [0.5, 0.6) is 5.88 Å². The molecule has 0 spiro atoms. The van der Waals surface area contributed by atoms with Gasteiger partial charge in [-0.15, -0.1) is 11.3 Å². The van der Waals surface area contributed by atoms with Gasteiger partial charge in [-0.3, -0.25) is 0 Å². The number of nitrogens with zero attached hydrogens (tertiary/aromatic N) is 2. The summed E-state index contributed by atoms with van der Waals surface area (Å²) in [7, 11) is 0. The number of aromatic nitrogens is 2. The van der Waals surface area contributed by atoms with Crippen molar-refractivity contribution < 1.29 is 4.74 Å². The van der Waals surface area contributed by atoms with Crippen LogP contribution in [0.4, 0.5) is 5.95 Å². The van der Waals surface area contributed by atoms with Gasteiger partial charge in [0.05, 0.1) is 0 Å². The van der Waals surface area contributed by atoms with Crippen LogP contribution in [0.25, 0.3) is 0 Å². The van der Waals surface area contributed by atoms with Crippen LogP contribution in [0.2, 0.25) is 0 Å². The summed E-state index contributed by atoms with van der Waals surface area (Å²) in [5.74, 6) is 1.20. The zero-order valence-electron chi connectivity index (χ0n) is 9.01. The quantitative estimate of drug-likeness (QED) is 0.865. The Balaban J connectivity index is 1.96. The van der Waals surface area contributed by atoms with Gasteiger partial charge in [0, 0.05) is 23.7 Å². The third-order valence-electron chi connectivity index (χ3n) is 1.91. The summed E-state index contributed by atoms with van der Waals surface area (Å²) in [6, 6.07) is 5.80. The van der Waals surface area contributed by atoms with Crippen LogP contribution >= 0.6 is 11.3 Å². The molecule has 2 aromatic heterocycles. The molecule has 0 aromatic carbocycles. The maximum Gasteiger partial charge on any atom is 0.225 e. The van der Waals surface area contributed by atoms with E-state index < -0.39 is 0 Å². The van der Waals surface area contributed by atoms with E-state index in [9.17, 15) is 0 Å². The van der Waals surface area contributed by atoms with E-state index in [1.807, 2.05) is 24.4 Å². The monoisotopic (exact) mass is 235 g/mol. The first-order chi connectivity index (χ1) is 7.88. The second kappa shape index (κ2) is 5.46. The zero-order chi connectivity index (χ0) is 11.2. The highest BCUT2D eigenvalue weighted by molar-refractivity contribution is 7.09. The topological polar surface area (TPSA) is 47.0 Å². The zero-order valence-corrected chi connectivity index (χ0v) is 9.83. The Hall–Kier alpha value is -1.62. The molecule has 2 rings (SSSR count). The van der Waals surface area contributed by atoms with Crippen LogP contribution in [0.1, 0.15) is 11.8 Å². The number of hydrogen-bond donors (Lipinski definition) is 1. The van der Waals surface area contributed by atoms with Crippen molar-refractivity contribution >= 4 is 17.3 Å². The first kappa shape index (κ1) is 10.9. The molecule has 16 heavy (non-hydrogen) atoms. The molecular formula is C11H13N3OS. The predicted octanol–water partition coefficient (Wildman–Crippen LogP) is 2.55. The number of thiophene rings is 1. The predicted molar refractivity (Wildman–Crippen MR) is 64.8 cm³/mol. The van der Waals surface area contributed by atoms with E-state index in [4.69, 9.17) is 4.74 Å². The second-order valence-corrected chi connectivity index (χ2v) is 4.15. The molecule has 0 aliphatic heterocycles. The molecule has 0 aliphatic carbocycles. The average Bonchev–Trinajstić information content (AvgIpc) is 2.80. The van der Waals surface area contributed by atoms with Gasteiger partial charge in [0.25, 0.3) is 0 Å². The molecule has 0 saturated heterocycles. The summed E-state index contributed by atoms with van der Waals surface area (Å²) in [6.45, 7) is 3.36. The Kier molecular flexibility index (Phi) is 3.71. The molecule has 0 atom stereocenters. The molecule has 0 bridgehead atoms. The summed E-state index contributed by atoms with van der Waals surface area (Å²) < 4.78 is 5.56. The van der Waals surface area contributed by atoms with E-state index in [0.29, 0.717) is 18.4 Å². The molecule has 0 aliphatic rings. The van der Waals surface area contributed by atoms with Crippen molar-refractivity contribution in [3.63, 3.8) is 0 Å². The van der Waals surface area contributed by atoms with Crippen molar-refractivity contribution in [2.45, 2.75) is 13.5 Å². The lowest BCUT2D eigenvalue weighted by Crippen LogP contribution is -2.03. The van der Waals surface area contributed by atoms with Crippen LogP contribution < -0.4 is 10.1 Å². The molecule has 0 radical (unpaired) electrons. The third kappa shape index (κ3) is 2.93. The smallest absolute Gasteiger partial charge is 0.225 e. The van der Waals surface area contributed by atoms with E-state index in [0.717, 1.165) is 6.54 Å². The van der Waals surface area contributed by atoms with Gasteiger partial charge in [-0.05, 0) is 18.4 Å². The lowest BCUT2D eigenvalue weighted by molar-refractivity contribution is 0.297. The molecular weight excluding hydrogens is 222 g/mol. The van der Waals surface area contributed by atoms with Crippen molar-refractivity contribution in [2.24, 2.45) is 0 Å². The average molecular weight is 235 g/mol. The van der Waals surface area contributed by atoms with Crippen LogP contribution in [0.3, 0.4) is 0 Å². The van der Waals surface area contributed by atoms with Crippen molar-refractivity contribution in [1.82, 2.24) is 9.97 Å². The molecule has 0 unspecified atom stereocenters. The largest absolute Gasteiger partial charge is 0.472 e. The summed E-state index contributed by atoms with van der Waals surface area (Å²) in [6.07, 6.45) is 1.69. The fraction of sp³-hybridized carbons (Fsp3) is 0.273. The Morgan fingerprint density at radius 1 is 1.44 bits per heavy atom. The van der Waals surface area contributed by atoms with Crippen molar-refractivity contribution in [2.75, 3.05) is 11.9 Å². The van der Waals surface area contributed by atoms with E-state index >= 15 is 0 Å². The number of anilines is 1. The van der Waals surface area contributed by atoms with Crippen LogP contribution in [0, 0.1) is 0 Å². The van der Waals surface area contributed by atoms with Gasteiger partial charge in [0.15, 0.2) is 0 Å². The van der Waals surface area contributed by atoms with Crippen LogP contribution in [0.15, 0.2) is 29.8 Å². The van der Waals surface area contributed by atoms with Crippen molar-refractivity contribution in [3.8, 4) is 5.88 Å². The summed E-state index contributed by atoms with van der Waals surface area (Å²) in [5, 5.41) is 5.07. The molecule has 5 heteroatoms. The van der Waals surface area contributed by atoms with Gasteiger partial charge >= 0.3 is 0 Å².